The fourth-order valence-corrected chi connectivity index (χ4v) is 1.84. The smallest absolute Gasteiger partial charge is 0.269 e. The molecule has 6 nitrogen and oxygen atoms in total. The number of nitro groups is 1. The maximum absolute atomic E-state index is 11.7. The molecule has 1 amide bonds. The Kier molecular flexibility index (Phi) is 5.08. The summed E-state index contributed by atoms with van der Waals surface area (Å²) in [4.78, 5) is 21.8. The largest absolute Gasteiger partial charge is 0.484 e. The van der Waals surface area contributed by atoms with E-state index in [2.05, 4.69) is 5.32 Å². The van der Waals surface area contributed by atoms with Gasteiger partial charge in [0.15, 0.2) is 6.61 Å². The van der Waals surface area contributed by atoms with Crippen LogP contribution in [0.5, 0.6) is 5.75 Å². The molecule has 0 atom stereocenters. The summed E-state index contributed by atoms with van der Waals surface area (Å²) in [5, 5.41) is 13.2. The topological polar surface area (TPSA) is 81.5 Å². The standard InChI is InChI=1S/C16H16N2O4/c1-12-3-2-4-15(9-12)22-11-16(19)17-10-13-5-7-14(8-6-13)18(20)21/h2-9H,10-11H2,1H3,(H,17,19). The number of benzene rings is 2. The molecular formula is C16H16N2O4. The Morgan fingerprint density at radius 3 is 2.59 bits per heavy atom. The number of nitrogens with one attached hydrogen (secondary N) is 1. The van der Waals surface area contributed by atoms with Gasteiger partial charge in [-0.1, -0.05) is 24.3 Å². The number of rotatable bonds is 6. The van der Waals surface area contributed by atoms with Crippen molar-refractivity contribution >= 4 is 11.6 Å². The molecule has 0 aromatic heterocycles. The summed E-state index contributed by atoms with van der Waals surface area (Å²) in [5.74, 6) is 0.394. The number of hydrogen-bond donors (Lipinski definition) is 1. The Bertz CT molecular complexity index is 668. The van der Waals surface area contributed by atoms with Gasteiger partial charge in [0.2, 0.25) is 0 Å². The van der Waals surface area contributed by atoms with Crippen molar-refractivity contribution in [2.45, 2.75) is 13.5 Å². The van der Waals surface area contributed by atoms with Crippen LogP contribution in [0.2, 0.25) is 0 Å². The number of nitro benzene ring substituents is 1. The highest BCUT2D eigenvalue weighted by Crippen LogP contribution is 2.13. The Morgan fingerprint density at radius 1 is 1.23 bits per heavy atom. The van der Waals surface area contributed by atoms with Crippen LogP contribution in [-0.2, 0) is 11.3 Å². The number of carbonyl (C=O) groups is 1. The van der Waals surface area contributed by atoms with Crippen molar-refractivity contribution in [2.75, 3.05) is 6.61 Å². The number of ether oxygens (including phenoxy) is 1. The Labute approximate surface area is 127 Å². The quantitative estimate of drug-likeness (QED) is 0.656. The molecule has 0 aliphatic carbocycles. The van der Waals surface area contributed by atoms with Gasteiger partial charge in [-0.25, -0.2) is 0 Å². The Morgan fingerprint density at radius 2 is 1.95 bits per heavy atom. The van der Waals surface area contributed by atoms with Gasteiger partial charge in [-0.15, -0.1) is 0 Å². The summed E-state index contributed by atoms with van der Waals surface area (Å²) in [7, 11) is 0. The van der Waals surface area contributed by atoms with Gasteiger partial charge in [0.25, 0.3) is 11.6 Å². The van der Waals surface area contributed by atoms with E-state index >= 15 is 0 Å². The van der Waals surface area contributed by atoms with Crippen LogP contribution in [0.3, 0.4) is 0 Å². The molecular weight excluding hydrogens is 284 g/mol. The van der Waals surface area contributed by atoms with Crippen molar-refractivity contribution in [1.82, 2.24) is 5.32 Å². The highest BCUT2D eigenvalue weighted by molar-refractivity contribution is 5.77. The third kappa shape index (κ3) is 4.59. The van der Waals surface area contributed by atoms with Crippen LogP contribution in [0.4, 0.5) is 5.69 Å². The summed E-state index contributed by atoms with van der Waals surface area (Å²) in [6.07, 6.45) is 0. The zero-order valence-electron chi connectivity index (χ0n) is 12.1. The minimum absolute atomic E-state index is 0.0258. The monoisotopic (exact) mass is 300 g/mol. The van der Waals surface area contributed by atoms with E-state index in [1.807, 2.05) is 25.1 Å². The maximum Gasteiger partial charge on any atom is 0.269 e. The van der Waals surface area contributed by atoms with E-state index in [1.165, 1.54) is 12.1 Å². The molecule has 0 spiro atoms. The van der Waals surface area contributed by atoms with Crippen molar-refractivity contribution in [1.29, 1.82) is 0 Å². The molecule has 2 aromatic rings. The predicted octanol–water partition coefficient (Wildman–Crippen LogP) is 2.60. The van der Waals surface area contributed by atoms with E-state index in [9.17, 15) is 14.9 Å². The summed E-state index contributed by atoms with van der Waals surface area (Å²) in [6.45, 7) is 2.17. The molecule has 114 valence electrons. The van der Waals surface area contributed by atoms with Gasteiger partial charge in [0, 0.05) is 18.7 Å². The van der Waals surface area contributed by atoms with Gasteiger partial charge < -0.3 is 10.1 Å². The Balaban J connectivity index is 1.79. The van der Waals surface area contributed by atoms with E-state index < -0.39 is 4.92 Å². The molecule has 0 radical (unpaired) electrons. The van der Waals surface area contributed by atoms with Gasteiger partial charge in [-0.2, -0.15) is 0 Å². The van der Waals surface area contributed by atoms with Crippen molar-refractivity contribution in [3.8, 4) is 5.75 Å². The first kappa shape index (κ1) is 15.5. The van der Waals surface area contributed by atoms with Crippen LogP contribution in [0.1, 0.15) is 11.1 Å². The van der Waals surface area contributed by atoms with Crippen molar-refractivity contribution in [3.05, 3.63) is 69.8 Å². The van der Waals surface area contributed by atoms with Crippen LogP contribution in [0, 0.1) is 17.0 Å². The van der Waals surface area contributed by atoms with E-state index in [-0.39, 0.29) is 18.2 Å². The molecule has 0 aliphatic heterocycles. The highest BCUT2D eigenvalue weighted by Gasteiger charge is 2.06. The number of hydrogen-bond acceptors (Lipinski definition) is 4. The minimum Gasteiger partial charge on any atom is -0.484 e. The second-order valence-corrected chi connectivity index (χ2v) is 4.81. The van der Waals surface area contributed by atoms with Gasteiger partial charge in [-0.3, -0.25) is 14.9 Å². The third-order valence-electron chi connectivity index (χ3n) is 3.00. The molecule has 22 heavy (non-hydrogen) atoms. The molecule has 2 rings (SSSR count). The van der Waals surface area contributed by atoms with Crippen molar-refractivity contribution < 1.29 is 14.5 Å². The number of carbonyl (C=O) groups excluding carboxylic acids is 1. The normalized spacial score (nSPS) is 10.0. The zero-order chi connectivity index (χ0) is 15.9. The average molecular weight is 300 g/mol. The number of non-ortho nitro benzene ring substituents is 1. The minimum atomic E-state index is -0.460. The first-order valence-corrected chi connectivity index (χ1v) is 6.74. The van der Waals surface area contributed by atoms with Crippen LogP contribution < -0.4 is 10.1 Å². The van der Waals surface area contributed by atoms with Gasteiger partial charge in [0.1, 0.15) is 5.75 Å². The van der Waals surface area contributed by atoms with Crippen molar-refractivity contribution in [3.63, 3.8) is 0 Å². The molecule has 0 fully saturated rings. The average Bonchev–Trinajstić information content (AvgIpc) is 2.51. The molecule has 2 aromatic carbocycles. The molecule has 0 saturated carbocycles. The van der Waals surface area contributed by atoms with Gasteiger partial charge >= 0.3 is 0 Å². The molecule has 0 bridgehead atoms. The third-order valence-corrected chi connectivity index (χ3v) is 3.00. The van der Waals surface area contributed by atoms with Crippen LogP contribution in [0.15, 0.2) is 48.5 Å². The lowest BCUT2D eigenvalue weighted by Gasteiger charge is -2.08. The lowest BCUT2D eigenvalue weighted by Crippen LogP contribution is -2.28. The van der Waals surface area contributed by atoms with E-state index in [0.717, 1.165) is 11.1 Å². The summed E-state index contributed by atoms with van der Waals surface area (Å²) in [5.41, 5.74) is 1.87. The molecule has 0 heterocycles. The lowest BCUT2D eigenvalue weighted by atomic mass is 10.2. The summed E-state index contributed by atoms with van der Waals surface area (Å²) < 4.78 is 5.39. The molecule has 0 aliphatic rings. The van der Waals surface area contributed by atoms with Crippen LogP contribution in [-0.4, -0.2) is 17.4 Å². The highest BCUT2D eigenvalue weighted by atomic mass is 16.6. The SMILES string of the molecule is Cc1cccc(OCC(=O)NCc2ccc([N+](=O)[O-])cc2)c1. The molecule has 6 heteroatoms. The first-order chi connectivity index (χ1) is 10.5. The van der Waals surface area contributed by atoms with Gasteiger partial charge in [0.05, 0.1) is 4.92 Å². The number of aryl methyl sites for hydroxylation is 1. The Hall–Kier alpha value is -2.89. The van der Waals surface area contributed by atoms with Crippen molar-refractivity contribution in [2.24, 2.45) is 0 Å². The maximum atomic E-state index is 11.7. The van der Waals surface area contributed by atoms with Crippen LogP contribution in [0.25, 0.3) is 0 Å². The predicted molar refractivity (Wildman–Crippen MR) is 81.6 cm³/mol. The fraction of sp³-hybridized carbons (Fsp3) is 0.188. The second kappa shape index (κ2) is 7.21. The molecule has 0 unspecified atom stereocenters. The summed E-state index contributed by atoms with van der Waals surface area (Å²) in [6, 6.07) is 13.5. The van der Waals surface area contributed by atoms with E-state index in [1.54, 1.807) is 18.2 Å². The molecule has 1 N–H and O–H groups in total. The van der Waals surface area contributed by atoms with E-state index in [4.69, 9.17) is 4.74 Å². The summed E-state index contributed by atoms with van der Waals surface area (Å²) >= 11 is 0. The fourth-order valence-electron chi connectivity index (χ4n) is 1.84. The van der Waals surface area contributed by atoms with E-state index in [0.29, 0.717) is 12.3 Å². The van der Waals surface area contributed by atoms with Crippen LogP contribution >= 0.6 is 0 Å². The first-order valence-electron chi connectivity index (χ1n) is 6.74. The number of nitrogens with zero attached hydrogens (tertiary/aromatic N) is 1. The number of amides is 1. The molecule has 0 saturated heterocycles. The zero-order valence-corrected chi connectivity index (χ0v) is 12.1. The second-order valence-electron chi connectivity index (χ2n) is 4.81. The van der Waals surface area contributed by atoms with Gasteiger partial charge in [-0.05, 0) is 30.2 Å². The lowest BCUT2D eigenvalue weighted by molar-refractivity contribution is -0.384.